The summed E-state index contributed by atoms with van der Waals surface area (Å²) in [6.45, 7) is 5.82. The van der Waals surface area contributed by atoms with Crippen LogP contribution in [0.4, 0.5) is 0 Å². The lowest BCUT2D eigenvalue weighted by molar-refractivity contribution is -0.129. The van der Waals surface area contributed by atoms with Crippen LogP contribution in [0.1, 0.15) is 46.0 Å². The van der Waals surface area contributed by atoms with E-state index in [1.807, 2.05) is 18.9 Å². The Morgan fingerprint density at radius 3 is 2.71 bits per heavy atom. The highest BCUT2D eigenvalue weighted by atomic mass is 127. The molecule has 1 aliphatic carbocycles. The quantitative estimate of drug-likeness (QED) is 0.416. The standard InChI is InChI=1S/C15H28N4O.HI/c1-4-6-11-9-13(11)18-15(16-3)17-12-7-8-19(10-12)14(20)5-2;/h11-13H,4-10H2,1-3H3,(H2,16,17,18);1H. The minimum absolute atomic E-state index is 0. The average molecular weight is 408 g/mol. The van der Waals surface area contributed by atoms with Gasteiger partial charge >= 0.3 is 0 Å². The van der Waals surface area contributed by atoms with Gasteiger partial charge in [-0.25, -0.2) is 0 Å². The van der Waals surface area contributed by atoms with Crippen LogP contribution in [0.15, 0.2) is 4.99 Å². The second-order valence-corrected chi connectivity index (χ2v) is 5.93. The number of carbonyl (C=O) groups is 1. The molecular weight excluding hydrogens is 379 g/mol. The fraction of sp³-hybridized carbons (Fsp3) is 0.867. The SMILES string of the molecule is CCCC1CC1NC(=NC)NC1CCN(C(=O)CC)C1.I. The van der Waals surface area contributed by atoms with E-state index in [4.69, 9.17) is 0 Å². The molecule has 0 aromatic heterocycles. The van der Waals surface area contributed by atoms with Crippen molar-refractivity contribution in [3.63, 3.8) is 0 Å². The zero-order valence-electron chi connectivity index (χ0n) is 13.4. The molecule has 1 aliphatic heterocycles. The zero-order chi connectivity index (χ0) is 14.5. The molecule has 2 rings (SSSR count). The van der Waals surface area contributed by atoms with E-state index < -0.39 is 0 Å². The maximum atomic E-state index is 11.7. The molecule has 2 fully saturated rings. The maximum Gasteiger partial charge on any atom is 0.222 e. The lowest BCUT2D eigenvalue weighted by Crippen LogP contribution is -2.46. The van der Waals surface area contributed by atoms with E-state index >= 15 is 0 Å². The van der Waals surface area contributed by atoms with Gasteiger partial charge in [0.25, 0.3) is 0 Å². The Kier molecular flexibility index (Phi) is 7.76. The molecule has 1 amide bonds. The first-order chi connectivity index (χ1) is 9.67. The van der Waals surface area contributed by atoms with E-state index in [1.165, 1.54) is 19.3 Å². The van der Waals surface area contributed by atoms with Crippen LogP contribution < -0.4 is 10.6 Å². The van der Waals surface area contributed by atoms with Crippen molar-refractivity contribution < 1.29 is 4.79 Å². The molecule has 1 heterocycles. The topological polar surface area (TPSA) is 56.7 Å². The summed E-state index contributed by atoms with van der Waals surface area (Å²) < 4.78 is 0. The molecule has 1 saturated carbocycles. The van der Waals surface area contributed by atoms with Crippen molar-refractivity contribution in [1.82, 2.24) is 15.5 Å². The zero-order valence-corrected chi connectivity index (χ0v) is 15.7. The molecule has 5 nitrogen and oxygen atoms in total. The van der Waals surface area contributed by atoms with Gasteiger partial charge in [-0.2, -0.15) is 0 Å². The summed E-state index contributed by atoms with van der Waals surface area (Å²) in [4.78, 5) is 17.9. The summed E-state index contributed by atoms with van der Waals surface area (Å²) in [5.41, 5.74) is 0. The minimum Gasteiger partial charge on any atom is -0.353 e. The molecule has 122 valence electrons. The Hall–Kier alpha value is -0.530. The Labute approximate surface area is 145 Å². The van der Waals surface area contributed by atoms with Gasteiger partial charge in [-0.1, -0.05) is 20.3 Å². The molecule has 0 bridgehead atoms. The van der Waals surface area contributed by atoms with Crippen molar-refractivity contribution >= 4 is 35.8 Å². The van der Waals surface area contributed by atoms with E-state index in [-0.39, 0.29) is 29.9 Å². The Morgan fingerprint density at radius 2 is 2.10 bits per heavy atom. The summed E-state index contributed by atoms with van der Waals surface area (Å²) >= 11 is 0. The molecule has 0 aromatic carbocycles. The Balaban J connectivity index is 0.00000220. The van der Waals surface area contributed by atoms with Crippen LogP contribution in [0, 0.1) is 5.92 Å². The lowest BCUT2D eigenvalue weighted by Gasteiger charge is -2.18. The fourth-order valence-electron chi connectivity index (χ4n) is 2.98. The van der Waals surface area contributed by atoms with Gasteiger partial charge in [0.2, 0.25) is 5.91 Å². The summed E-state index contributed by atoms with van der Waals surface area (Å²) in [5.74, 6) is 1.96. The van der Waals surface area contributed by atoms with Crippen LogP contribution in [0.2, 0.25) is 0 Å². The van der Waals surface area contributed by atoms with E-state index in [9.17, 15) is 4.79 Å². The third-order valence-corrected chi connectivity index (χ3v) is 4.31. The van der Waals surface area contributed by atoms with Gasteiger partial charge in [-0.15, -0.1) is 24.0 Å². The third-order valence-electron chi connectivity index (χ3n) is 4.31. The molecule has 1 saturated heterocycles. The van der Waals surface area contributed by atoms with Crippen LogP contribution >= 0.6 is 24.0 Å². The van der Waals surface area contributed by atoms with Crippen molar-refractivity contribution in [2.75, 3.05) is 20.1 Å². The molecule has 2 N–H and O–H groups in total. The van der Waals surface area contributed by atoms with Gasteiger partial charge in [0, 0.05) is 38.6 Å². The van der Waals surface area contributed by atoms with Crippen molar-refractivity contribution in [2.24, 2.45) is 10.9 Å². The Morgan fingerprint density at radius 1 is 1.33 bits per heavy atom. The number of guanidine groups is 1. The fourth-order valence-corrected chi connectivity index (χ4v) is 2.98. The first-order valence-corrected chi connectivity index (χ1v) is 7.95. The van der Waals surface area contributed by atoms with Crippen LogP contribution in [-0.2, 0) is 4.79 Å². The molecule has 6 heteroatoms. The van der Waals surface area contributed by atoms with E-state index in [0.717, 1.165) is 31.4 Å². The number of hydrogen-bond acceptors (Lipinski definition) is 2. The number of rotatable bonds is 5. The summed E-state index contributed by atoms with van der Waals surface area (Å²) in [6.07, 6.45) is 5.43. The van der Waals surface area contributed by atoms with Gasteiger partial charge in [-0.3, -0.25) is 9.79 Å². The number of nitrogens with one attached hydrogen (secondary N) is 2. The monoisotopic (exact) mass is 408 g/mol. The molecule has 0 aromatic rings. The van der Waals surface area contributed by atoms with Crippen LogP contribution in [0.5, 0.6) is 0 Å². The summed E-state index contributed by atoms with van der Waals surface area (Å²) in [7, 11) is 1.82. The highest BCUT2D eigenvalue weighted by Crippen LogP contribution is 2.34. The van der Waals surface area contributed by atoms with Crippen molar-refractivity contribution in [3.8, 4) is 0 Å². The first-order valence-electron chi connectivity index (χ1n) is 7.95. The van der Waals surface area contributed by atoms with Gasteiger partial charge in [-0.05, 0) is 25.2 Å². The van der Waals surface area contributed by atoms with Crippen LogP contribution in [0.25, 0.3) is 0 Å². The third kappa shape index (κ3) is 5.30. The van der Waals surface area contributed by atoms with E-state index in [0.29, 0.717) is 18.5 Å². The summed E-state index contributed by atoms with van der Waals surface area (Å²) in [5, 5.41) is 6.95. The smallest absolute Gasteiger partial charge is 0.222 e. The van der Waals surface area contributed by atoms with E-state index in [1.54, 1.807) is 0 Å². The lowest BCUT2D eigenvalue weighted by atomic mass is 10.2. The average Bonchev–Trinajstić information content (AvgIpc) is 3.00. The number of halogens is 1. The second kappa shape index (κ2) is 8.80. The maximum absolute atomic E-state index is 11.7. The van der Waals surface area contributed by atoms with E-state index in [2.05, 4.69) is 22.5 Å². The number of aliphatic imine (C=N–C) groups is 1. The predicted molar refractivity (Wildman–Crippen MR) is 97.1 cm³/mol. The van der Waals surface area contributed by atoms with Crippen molar-refractivity contribution in [3.05, 3.63) is 0 Å². The molecule has 21 heavy (non-hydrogen) atoms. The molecule has 3 unspecified atom stereocenters. The van der Waals surface area contributed by atoms with Gasteiger partial charge in [0.15, 0.2) is 5.96 Å². The van der Waals surface area contributed by atoms with Gasteiger partial charge in [0.05, 0.1) is 0 Å². The molecule has 3 atom stereocenters. The Bertz CT molecular complexity index is 375. The van der Waals surface area contributed by atoms with Crippen molar-refractivity contribution in [1.29, 1.82) is 0 Å². The normalized spacial score (nSPS) is 28.0. The largest absolute Gasteiger partial charge is 0.353 e. The highest BCUT2D eigenvalue weighted by molar-refractivity contribution is 14.0. The van der Waals surface area contributed by atoms with Gasteiger partial charge in [0.1, 0.15) is 0 Å². The number of hydrogen-bond donors (Lipinski definition) is 2. The number of likely N-dealkylation sites (tertiary alicyclic amines) is 1. The van der Waals surface area contributed by atoms with Gasteiger partial charge < -0.3 is 15.5 Å². The van der Waals surface area contributed by atoms with Crippen molar-refractivity contribution in [2.45, 2.75) is 58.0 Å². The molecule has 0 radical (unpaired) electrons. The highest BCUT2D eigenvalue weighted by Gasteiger charge is 2.37. The van der Waals surface area contributed by atoms with Crippen LogP contribution in [0.3, 0.4) is 0 Å². The minimum atomic E-state index is 0. The van der Waals surface area contributed by atoms with Crippen LogP contribution in [-0.4, -0.2) is 49.0 Å². The molecule has 2 aliphatic rings. The second-order valence-electron chi connectivity index (χ2n) is 5.93. The molecule has 0 spiro atoms. The number of nitrogens with zero attached hydrogens (tertiary/aromatic N) is 2. The predicted octanol–water partition coefficient (Wildman–Crippen LogP) is 1.97. The molecular formula is C15H29IN4O. The number of carbonyl (C=O) groups excluding carboxylic acids is 1. The first kappa shape index (κ1) is 18.5. The summed E-state index contributed by atoms with van der Waals surface area (Å²) in [6, 6.07) is 0.927. The number of amides is 1.